The maximum Gasteiger partial charge on any atom is 0.348 e. The van der Waals surface area contributed by atoms with E-state index in [1.807, 2.05) is 36.4 Å². The van der Waals surface area contributed by atoms with Crippen molar-refractivity contribution in [3.05, 3.63) is 59.2 Å². The van der Waals surface area contributed by atoms with Crippen molar-refractivity contribution in [2.24, 2.45) is 0 Å². The third-order valence-electron chi connectivity index (χ3n) is 3.76. The van der Waals surface area contributed by atoms with Gasteiger partial charge in [-0.15, -0.1) is 6.42 Å². The van der Waals surface area contributed by atoms with E-state index in [1.165, 1.54) is 0 Å². The number of ether oxygens (including phenoxy) is 1. The smallest absolute Gasteiger partial charge is 0.348 e. The molecule has 1 aliphatic heterocycles. The maximum absolute atomic E-state index is 12.0. The van der Waals surface area contributed by atoms with Crippen LogP contribution in [0.25, 0.3) is 21.5 Å². The fraction of sp³-hybridized carbons (Fsp3) is 0. The fourth-order valence-corrected chi connectivity index (χ4v) is 2.81. The van der Waals surface area contributed by atoms with Crippen LogP contribution in [0.5, 0.6) is 0 Å². The van der Waals surface area contributed by atoms with E-state index >= 15 is 0 Å². The normalized spacial score (nSPS) is 13.3. The van der Waals surface area contributed by atoms with Crippen LogP contribution in [0.1, 0.15) is 26.3 Å². The first-order valence-electron chi connectivity index (χ1n) is 6.41. The second kappa shape index (κ2) is 3.94. The van der Waals surface area contributed by atoms with Gasteiger partial charge in [0.15, 0.2) is 0 Å². The molecular weight excluding hydrogens is 264 g/mol. The third-order valence-corrected chi connectivity index (χ3v) is 3.76. The number of hydrogen-bond acceptors (Lipinski definition) is 3. The number of terminal acetylenes is 1. The van der Waals surface area contributed by atoms with Crippen LogP contribution in [0.15, 0.2) is 42.5 Å². The Morgan fingerprint density at radius 1 is 0.857 bits per heavy atom. The van der Waals surface area contributed by atoms with E-state index in [0.717, 1.165) is 16.2 Å². The number of hydrogen-bond donors (Lipinski definition) is 0. The fourth-order valence-electron chi connectivity index (χ4n) is 2.81. The average molecular weight is 272 g/mol. The van der Waals surface area contributed by atoms with Gasteiger partial charge in [-0.1, -0.05) is 30.2 Å². The number of benzene rings is 3. The summed E-state index contributed by atoms with van der Waals surface area (Å²) in [4.78, 5) is 23.8. The quantitative estimate of drug-likeness (QED) is 0.273. The number of rotatable bonds is 0. The van der Waals surface area contributed by atoms with Gasteiger partial charge >= 0.3 is 11.9 Å². The molecule has 0 unspecified atom stereocenters. The number of fused-ring (bicyclic) bond motifs is 4. The molecule has 21 heavy (non-hydrogen) atoms. The molecule has 0 bridgehead atoms. The largest absolute Gasteiger partial charge is 0.386 e. The van der Waals surface area contributed by atoms with Gasteiger partial charge in [-0.25, -0.2) is 9.59 Å². The summed E-state index contributed by atoms with van der Waals surface area (Å²) in [6.07, 6.45) is 5.47. The van der Waals surface area contributed by atoms with Gasteiger partial charge in [0.2, 0.25) is 0 Å². The molecule has 0 aliphatic carbocycles. The van der Waals surface area contributed by atoms with Crippen LogP contribution in [0.2, 0.25) is 0 Å². The topological polar surface area (TPSA) is 43.4 Å². The van der Waals surface area contributed by atoms with Gasteiger partial charge < -0.3 is 4.74 Å². The Bertz CT molecular complexity index is 1010. The van der Waals surface area contributed by atoms with Crippen LogP contribution in [-0.2, 0) is 4.74 Å². The lowest BCUT2D eigenvalue weighted by Crippen LogP contribution is -1.98. The first kappa shape index (κ1) is 11.7. The second-order valence-corrected chi connectivity index (χ2v) is 4.92. The van der Waals surface area contributed by atoms with Gasteiger partial charge in [-0.2, -0.15) is 0 Å². The van der Waals surface area contributed by atoms with Gasteiger partial charge in [-0.05, 0) is 39.7 Å². The summed E-state index contributed by atoms with van der Waals surface area (Å²) in [6, 6.07) is 13.4. The Labute approximate surface area is 120 Å². The highest BCUT2D eigenvalue weighted by Gasteiger charge is 2.34. The molecule has 4 rings (SSSR count). The summed E-state index contributed by atoms with van der Waals surface area (Å²) in [5, 5.41) is 3.56. The molecule has 1 aliphatic rings. The lowest BCUT2D eigenvalue weighted by Gasteiger charge is -2.06. The average Bonchev–Trinajstić information content (AvgIpc) is 2.80. The van der Waals surface area contributed by atoms with Crippen LogP contribution >= 0.6 is 0 Å². The van der Waals surface area contributed by atoms with Crippen molar-refractivity contribution in [2.45, 2.75) is 0 Å². The van der Waals surface area contributed by atoms with E-state index < -0.39 is 11.9 Å². The Hall–Kier alpha value is -3.12. The van der Waals surface area contributed by atoms with E-state index in [2.05, 4.69) is 5.92 Å². The summed E-state index contributed by atoms with van der Waals surface area (Å²) in [5.74, 6) is 1.16. The third kappa shape index (κ3) is 1.50. The van der Waals surface area contributed by atoms with Crippen LogP contribution in [0.3, 0.4) is 0 Å². The molecule has 98 valence electrons. The van der Waals surface area contributed by atoms with Gasteiger partial charge in [-0.3, -0.25) is 0 Å². The first-order chi connectivity index (χ1) is 10.2. The Balaban J connectivity index is 2.25. The van der Waals surface area contributed by atoms with Crippen LogP contribution in [-0.4, -0.2) is 11.9 Å². The zero-order chi connectivity index (χ0) is 14.6. The molecule has 0 fully saturated rings. The molecule has 0 spiro atoms. The molecule has 3 heteroatoms. The first-order valence-corrected chi connectivity index (χ1v) is 6.41. The van der Waals surface area contributed by atoms with Gasteiger partial charge in [0.1, 0.15) is 0 Å². The van der Waals surface area contributed by atoms with E-state index in [-0.39, 0.29) is 11.1 Å². The summed E-state index contributed by atoms with van der Waals surface area (Å²) < 4.78 is 4.72. The number of carbonyl (C=O) groups is 2. The molecule has 0 N–H and O–H groups in total. The van der Waals surface area contributed by atoms with Gasteiger partial charge in [0.05, 0.1) is 11.1 Å². The predicted octanol–water partition coefficient (Wildman–Crippen LogP) is 3.28. The molecule has 0 radical (unpaired) electrons. The molecule has 0 saturated carbocycles. The minimum atomic E-state index is -0.669. The second-order valence-electron chi connectivity index (χ2n) is 4.92. The van der Waals surface area contributed by atoms with Crippen molar-refractivity contribution in [2.75, 3.05) is 0 Å². The summed E-state index contributed by atoms with van der Waals surface area (Å²) in [5.41, 5.74) is 0.866. The molecule has 0 amide bonds. The zero-order valence-electron chi connectivity index (χ0n) is 10.8. The van der Waals surface area contributed by atoms with E-state index in [9.17, 15) is 9.59 Å². The highest BCUT2D eigenvalue weighted by molar-refractivity contribution is 6.23. The van der Waals surface area contributed by atoms with Gasteiger partial charge in [0.25, 0.3) is 0 Å². The van der Waals surface area contributed by atoms with Crippen molar-refractivity contribution < 1.29 is 14.3 Å². The minimum Gasteiger partial charge on any atom is -0.386 e. The number of carbonyl (C=O) groups excluding carboxylic acids is 2. The predicted molar refractivity (Wildman–Crippen MR) is 79.1 cm³/mol. The minimum absolute atomic E-state index is 0.199. The van der Waals surface area contributed by atoms with Crippen molar-refractivity contribution in [1.82, 2.24) is 0 Å². The van der Waals surface area contributed by atoms with Crippen molar-refractivity contribution in [1.29, 1.82) is 0 Å². The molecule has 0 atom stereocenters. The molecule has 0 aromatic heterocycles. The molecular formula is C18H8O3. The van der Waals surface area contributed by atoms with Crippen molar-refractivity contribution in [3.63, 3.8) is 0 Å². The molecule has 1 heterocycles. The molecule has 0 saturated heterocycles. The van der Waals surface area contributed by atoms with E-state index in [4.69, 9.17) is 11.2 Å². The standard InChI is InChI=1S/C18H8O3/c1-2-10-7-13-8-11-5-3-4-6-12(11)9-14(13)16-15(10)17(19)21-18(16)20/h1,3-9H. The Morgan fingerprint density at radius 2 is 1.52 bits per heavy atom. The summed E-state index contributed by atoms with van der Waals surface area (Å²) in [7, 11) is 0. The number of cyclic esters (lactones) is 2. The lowest BCUT2D eigenvalue weighted by atomic mass is 9.93. The van der Waals surface area contributed by atoms with Crippen LogP contribution in [0, 0.1) is 12.3 Å². The molecule has 3 nitrogen and oxygen atoms in total. The molecule has 3 aromatic carbocycles. The Morgan fingerprint density at radius 3 is 2.24 bits per heavy atom. The lowest BCUT2D eigenvalue weighted by molar-refractivity contribution is 0.0444. The zero-order valence-corrected chi connectivity index (χ0v) is 10.8. The molecule has 3 aromatic rings. The van der Waals surface area contributed by atoms with Gasteiger partial charge in [0, 0.05) is 5.56 Å². The monoisotopic (exact) mass is 272 g/mol. The highest BCUT2D eigenvalue weighted by Crippen LogP contribution is 2.33. The maximum atomic E-state index is 12.0. The van der Waals surface area contributed by atoms with Crippen LogP contribution in [0.4, 0.5) is 0 Å². The van der Waals surface area contributed by atoms with Crippen LogP contribution < -0.4 is 0 Å². The summed E-state index contributed by atoms with van der Waals surface area (Å²) >= 11 is 0. The SMILES string of the molecule is C#Cc1cc2cc3ccccc3cc2c2c1C(=O)OC2=O. The highest BCUT2D eigenvalue weighted by atomic mass is 16.6. The van der Waals surface area contributed by atoms with E-state index in [0.29, 0.717) is 10.9 Å². The number of esters is 2. The Kier molecular flexibility index (Phi) is 2.19. The van der Waals surface area contributed by atoms with Crippen molar-refractivity contribution >= 4 is 33.5 Å². The summed E-state index contributed by atoms with van der Waals surface area (Å²) in [6.45, 7) is 0. The van der Waals surface area contributed by atoms with E-state index in [1.54, 1.807) is 6.07 Å². The van der Waals surface area contributed by atoms with Crippen molar-refractivity contribution in [3.8, 4) is 12.3 Å².